The number of hydrogen-bond donors (Lipinski definition) is 1. The number of fused-ring (bicyclic) bond motifs is 2. The molecule has 0 aromatic heterocycles. The molecule has 0 radical (unpaired) electrons. The molecule has 0 aromatic rings. The van der Waals surface area contributed by atoms with Crippen molar-refractivity contribution in [3.63, 3.8) is 0 Å². The quantitative estimate of drug-likeness (QED) is 0.257. The van der Waals surface area contributed by atoms with Gasteiger partial charge in [0.15, 0.2) is 12.6 Å². The van der Waals surface area contributed by atoms with Crippen molar-refractivity contribution in [3.05, 3.63) is 0 Å². The van der Waals surface area contributed by atoms with Crippen LogP contribution in [0.3, 0.4) is 0 Å². The minimum absolute atomic E-state index is 0.0174. The van der Waals surface area contributed by atoms with Crippen molar-refractivity contribution < 1.29 is 47.8 Å². The number of carbonyl (C=O) groups is 1. The number of carbonyl (C=O) groups excluding carboxylic acids is 1. The fraction of sp³-hybridized carbons (Fsp3) is 0.974. The second-order valence-corrected chi connectivity index (χ2v) is 17.2. The van der Waals surface area contributed by atoms with Crippen LogP contribution in [0.2, 0.25) is 0 Å². The highest BCUT2D eigenvalue weighted by Gasteiger charge is 2.64. The van der Waals surface area contributed by atoms with Gasteiger partial charge in [-0.05, 0) is 80.8 Å². The van der Waals surface area contributed by atoms with Gasteiger partial charge < -0.3 is 47.9 Å². The molecule has 5 rings (SSSR count). The van der Waals surface area contributed by atoms with E-state index in [0.29, 0.717) is 19.3 Å². The number of cyclic esters (lactones) is 1. The van der Waals surface area contributed by atoms with Crippen molar-refractivity contribution in [1.29, 1.82) is 0 Å². The Balaban J connectivity index is 1.55. The van der Waals surface area contributed by atoms with Crippen LogP contribution in [0.15, 0.2) is 0 Å². The highest BCUT2D eigenvalue weighted by molar-refractivity contribution is 5.73. The SMILES string of the molecule is CCC[C@@H]1O[C@@]1(C)[C@@H]1OC(=O)[C@H](C)[C@@H](OC2CC(C)(OC)CC(C)O2)[C@H](C)[C@@H](OC2OC(C)CC(N(C)C)C2O)C2(C)C[C@@H](C)[C@@H](O2)[C@@H]1C. The third-order valence-corrected chi connectivity index (χ3v) is 12.5. The van der Waals surface area contributed by atoms with E-state index in [1.54, 1.807) is 7.11 Å². The first-order valence-corrected chi connectivity index (χ1v) is 18.9. The topological polar surface area (TPSA) is 118 Å². The summed E-state index contributed by atoms with van der Waals surface area (Å²) in [5, 5.41) is 11.6. The maximum Gasteiger partial charge on any atom is 0.311 e. The third-order valence-electron chi connectivity index (χ3n) is 12.5. The summed E-state index contributed by atoms with van der Waals surface area (Å²) < 4.78 is 52.6. The molecular formula is C38H67NO10. The van der Waals surface area contributed by atoms with Crippen molar-refractivity contribution in [2.24, 2.45) is 23.7 Å². The van der Waals surface area contributed by atoms with Gasteiger partial charge in [0.25, 0.3) is 0 Å². The van der Waals surface area contributed by atoms with Gasteiger partial charge in [0.05, 0.1) is 53.7 Å². The van der Waals surface area contributed by atoms with Crippen LogP contribution in [0.1, 0.15) is 108 Å². The molecule has 11 nitrogen and oxygen atoms in total. The van der Waals surface area contributed by atoms with Crippen molar-refractivity contribution in [2.45, 2.75) is 192 Å². The summed E-state index contributed by atoms with van der Waals surface area (Å²) in [5.74, 6) is -1.43. The highest BCUT2D eigenvalue weighted by Crippen LogP contribution is 2.52. The van der Waals surface area contributed by atoms with Gasteiger partial charge in [-0.1, -0.05) is 34.1 Å². The molecule has 0 amide bonds. The van der Waals surface area contributed by atoms with Crippen LogP contribution in [0, 0.1) is 23.7 Å². The molecule has 18 atom stereocenters. The van der Waals surface area contributed by atoms with Gasteiger partial charge in [-0.15, -0.1) is 0 Å². The number of hydrogen-bond acceptors (Lipinski definition) is 11. The molecule has 0 aromatic carbocycles. The summed E-state index contributed by atoms with van der Waals surface area (Å²) in [5.41, 5.74) is -1.82. The van der Waals surface area contributed by atoms with E-state index in [-0.39, 0.29) is 48.3 Å². The van der Waals surface area contributed by atoms with Gasteiger partial charge in [0.1, 0.15) is 17.8 Å². The van der Waals surface area contributed by atoms with Crippen LogP contribution >= 0.6 is 0 Å². The molecule has 5 saturated heterocycles. The fourth-order valence-corrected chi connectivity index (χ4v) is 9.77. The lowest BCUT2D eigenvalue weighted by Crippen LogP contribution is -2.59. The fourth-order valence-electron chi connectivity index (χ4n) is 9.77. The minimum atomic E-state index is -0.895. The number of methoxy groups -OCH3 is 1. The van der Waals surface area contributed by atoms with Gasteiger partial charge >= 0.3 is 5.97 Å². The molecule has 5 aliphatic heterocycles. The molecule has 5 heterocycles. The Morgan fingerprint density at radius 3 is 2.24 bits per heavy atom. The molecule has 5 fully saturated rings. The van der Waals surface area contributed by atoms with Gasteiger partial charge in [0, 0.05) is 37.8 Å². The first-order chi connectivity index (χ1) is 22.9. The number of epoxide rings is 1. The van der Waals surface area contributed by atoms with Gasteiger partial charge in [-0.25, -0.2) is 0 Å². The summed E-state index contributed by atoms with van der Waals surface area (Å²) in [7, 11) is 5.65. The number of nitrogens with zero attached hydrogens (tertiary/aromatic N) is 1. The van der Waals surface area contributed by atoms with Crippen LogP contribution in [0.25, 0.3) is 0 Å². The average molecular weight is 698 g/mol. The number of likely N-dealkylation sites (N-methyl/N-ethyl adjacent to an activating group) is 1. The number of ether oxygens (including phenoxy) is 8. The van der Waals surface area contributed by atoms with Crippen molar-refractivity contribution in [2.75, 3.05) is 21.2 Å². The molecule has 0 saturated carbocycles. The van der Waals surface area contributed by atoms with E-state index in [4.69, 9.17) is 37.9 Å². The van der Waals surface area contributed by atoms with E-state index in [2.05, 4.69) is 48.5 Å². The Bertz CT molecular complexity index is 1140. The van der Waals surface area contributed by atoms with E-state index in [0.717, 1.165) is 19.3 Å². The van der Waals surface area contributed by atoms with E-state index in [9.17, 15) is 9.90 Å². The molecular weight excluding hydrogens is 630 g/mol. The van der Waals surface area contributed by atoms with Crippen LogP contribution < -0.4 is 0 Å². The first kappa shape index (κ1) is 39.3. The zero-order valence-corrected chi connectivity index (χ0v) is 32.5. The molecule has 11 heteroatoms. The summed E-state index contributed by atoms with van der Waals surface area (Å²) in [6, 6.07) is -0.142. The van der Waals surface area contributed by atoms with E-state index >= 15 is 0 Å². The summed E-state index contributed by atoms with van der Waals surface area (Å²) in [6.07, 6.45) is -0.0870. The zero-order valence-electron chi connectivity index (χ0n) is 32.5. The molecule has 49 heavy (non-hydrogen) atoms. The second-order valence-electron chi connectivity index (χ2n) is 17.2. The normalized spacial score (nSPS) is 52.5. The highest BCUT2D eigenvalue weighted by atomic mass is 16.7. The summed E-state index contributed by atoms with van der Waals surface area (Å²) >= 11 is 0. The van der Waals surface area contributed by atoms with Gasteiger partial charge in [-0.3, -0.25) is 4.79 Å². The Morgan fingerprint density at radius 2 is 1.61 bits per heavy atom. The molecule has 5 aliphatic rings. The largest absolute Gasteiger partial charge is 0.459 e. The Kier molecular flexibility index (Phi) is 11.9. The Labute approximate surface area is 295 Å². The summed E-state index contributed by atoms with van der Waals surface area (Å²) in [6.45, 7) is 20.7. The maximum absolute atomic E-state index is 14.4. The lowest BCUT2D eigenvalue weighted by atomic mass is 9.77. The smallest absolute Gasteiger partial charge is 0.311 e. The molecule has 284 valence electrons. The number of rotatable bonds is 9. The number of aliphatic hydroxyl groups is 1. The average Bonchev–Trinajstić information content (AvgIpc) is 3.57. The van der Waals surface area contributed by atoms with Crippen molar-refractivity contribution >= 4 is 5.97 Å². The first-order valence-electron chi connectivity index (χ1n) is 18.9. The van der Waals surface area contributed by atoms with E-state index in [1.807, 2.05) is 39.8 Å². The van der Waals surface area contributed by atoms with Crippen molar-refractivity contribution in [3.8, 4) is 0 Å². The molecule has 0 aliphatic carbocycles. The molecule has 2 bridgehead atoms. The minimum Gasteiger partial charge on any atom is -0.459 e. The van der Waals surface area contributed by atoms with Crippen molar-refractivity contribution in [1.82, 2.24) is 4.90 Å². The molecule has 8 unspecified atom stereocenters. The lowest BCUT2D eigenvalue weighted by molar-refractivity contribution is -0.310. The van der Waals surface area contributed by atoms with Gasteiger partial charge in [-0.2, -0.15) is 0 Å². The predicted molar refractivity (Wildman–Crippen MR) is 184 cm³/mol. The van der Waals surface area contributed by atoms with Crippen LogP contribution in [0.5, 0.6) is 0 Å². The maximum atomic E-state index is 14.4. The number of esters is 1. The standard InChI is InChI=1S/C38H67NO10/c1-14-15-27-38(10,48-27)33-23(5)30-20(2)17-37(9,49-30)32(47-35-29(40)26(39(11)12)16-21(3)44-35)24(6)31(25(7)34(41)46-33)45-28-19-36(8,42-13)18-22(4)43-28/h20-33,35,40H,14-19H2,1-13H3/t20-,21?,22?,23+,24+,25-,26?,27+,28?,29?,30-,31+,32-,33-,35?,36?,37?,38-/m1/s1. The number of aliphatic hydroxyl groups excluding tert-OH is 1. The van der Waals surface area contributed by atoms with Crippen LogP contribution in [-0.4, -0.2) is 121 Å². The Hall–Kier alpha value is -0.890. The molecule has 0 spiro atoms. The van der Waals surface area contributed by atoms with Gasteiger partial charge in [0.2, 0.25) is 0 Å². The van der Waals surface area contributed by atoms with E-state index in [1.165, 1.54) is 0 Å². The Morgan fingerprint density at radius 1 is 0.918 bits per heavy atom. The van der Waals surface area contributed by atoms with Crippen LogP contribution in [0.4, 0.5) is 0 Å². The zero-order chi connectivity index (χ0) is 36.2. The second kappa shape index (κ2) is 14.9. The third kappa shape index (κ3) is 7.91. The molecule has 1 N–H and O–H groups in total. The lowest BCUT2D eigenvalue weighted by Gasteiger charge is -2.48. The van der Waals surface area contributed by atoms with E-state index < -0.39 is 65.6 Å². The predicted octanol–water partition coefficient (Wildman–Crippen LogP) is 5.09. The summed E-state index contributed by atoms with van der Waals surface area (Å²) in [4.78, 5) is 16.4. The monoisotopic (exact) mass is 697 g/mol. The van der Waals surface area contributed by atoms with Crippen LogP contribution in [-0.2, 0) is 42.7 Å².